The summed E-state index contributed by atoms with van der Waals surface area (Å²) in [5, 5.41) is 4.85. The van der Waals surface area contributed by atoms with Gasteiger partial charge in [-0.05, 0) is 72.3 Å². The zero-order chi connectivity index (χ0) is 31.6. The third-order valence-electron chi connectivity index (χ3n) is 6.01. The van der Waals surface area contributed by atoms with E-state index in [1.54, 1.807) is 48.5 Å². The van der Waals surface area contributed by atoms with Gasteiger partial charge in [-0.25, -0.2) is 4.79 Å². The van der Waals surface area contributed by atoms with E-state index in [-0.39, 0.29) is 40.3 Å². The number of halogens is 1. The fourth-order valence-corrected chi connectivity index (χ4v) is 4.94. The Kier molecular flexibility index (Phi) is 11.0. The van der Waals surface area contributed by atoms with Crippen molar-refractivity contribution in [1.29, 1.82) is 0 Å². The average molecular weight is 638 g/mol. The number of thioether (sulfide) groups is 1. The maximum absolute atomic E-state index is 12.9. The molecule has 0 unspecified atom stereocenters. The summed E-state index contributed by atoms with van der Waals surface area (Å²) in [4.78, 5) is 63.6. The van der Waals surface area contributed by atoms with E-state index in [1.807, 2.05) is 6.92 Å². The van der Waals surface area contributed by atoms with Gasteiger partial charge < -0.3 is 24.8 Å². The zero-order valence-corrected chi connectivity index (χ0v) is 25.3. The number of ether oxygens (including phenoxy) is 3. The van der Waals surface area contributed by atoms with Crippen LogP contribution in [-0.2, 0) is 19.1 Å². The van der Waals surface area contributed by atoms with Crippen LogP contribution in [0.15, 0.2) is 71.6 Å². The van der Waals surface area contributed by atoms with Crippen molar-refractivity contribution in [1.82, 2.24) is 4.90 Å². The number of esters is 1. The minimum Gasteiger partial charge on any atom is -0.495 e. The number of carbonyl (C=O) groups is 5. The summed E-state index contributed by atoms with van der Waals surface area (Å²) in [7, 11) is 1.51. The van der Waals surface area contributed by atoms with Crippen molar-refractivity contribution >= 4 is 69.7 Å². The van der Waals surface area contributed by atoms with Crippen LogP contribution in [0.5, 0.6) is 11.5 Å². The molecule has 0 bridgehead atoms. The number of methoxy groups -OCH3 is 1. The van der Waals surface area contributed by atoms with E-state index >= 15 is 0 Å². The summed E-state index contributed by atoms with van der Waals surface area (Å²) in [6.07, 6.45) is 2.16. The molecule has 0 saturated carbocycles. The average Bonchev–Trinajstić information content (AvgIpc) is 3.27. The van der Waals surface area contributed by atoms with Crippen molar-refractivity contribution in [3.8, 4) is 11.5 Å². The van der Waals surface area contributed by atoms with Gasteiger partial charge in [0.1, 0.15) is 18.0 Å². The van der Waals surface area contributed by atoms with Crippen LogP contribution in [-0.4, -0.2) is 60.7 Å². The van der Waals surface area contributed by atoms with E-state index in [9.17, 15) is 24.0 Å². The summed E-state index contributed by atoms with van der Waals surface area (Å²) in [5.74, 6) is -1.31. The van der Waals surface area contributed by atoms with Gasteiger partial charge in [0.15, 0.2) is 6.61 Å². The number of benzene rings is 3. The van der Waals surface area contributed by atoms with Gasteiger partial charge in [-0.15, -0.1) is 0 Å². The highest BCUT2D eigenvalue weighted by Crippen LogP contribution is 2.32. The number of rotatable bonds is 12. The third-order valence-corrected chi connectivity index (χ3v) is 7.25. The summed E-state index contributed by atoms with van der Waals surface area (Å²) in [6.45, 7) is 1.32. The lowest BCUT2D eigenvalue weighted by Gasteiger charge is -2.13. The molecule has 0 radical (unpaired) electrons. The molecular formula is C31H28ClN3O8S. The molecule has 228 valence electrons. The van der Waals surface area contributed by atoms with E-state index in [1.165, 1.54) is 31.4 Å². The van der Waals surface area contributed by atoms with Crippen LogP contribution in [0.3, 0.4) is 0 Å². The van der Waals surface area contributed by atoms with Gasteiger partial charge in [-0.1, -0.05) is 42.8 Å². The molecule has 4 rings (SSSR count). The first-order valence-electron chi connectivity index (χ1n) is 13.4. The van der Waals surface area contributed by atoms with Crippen LogP contribution in [0.1, 0.15) is 29.3 Å². The van der Waals surface area contributed by atoms with Gasteiger partial charge in [-0.2, -0.15) is 0 Å². The number of para-hydroxylation sites is 2. The monoisotopic (exact) mass is 637 g/mol. The molecule has 0 atom stereocenters. The second-order valence-corrected chi connectivity index (χ2v) is 10.7. The lowest BCUT2D eigenvalue weighted by atomic mass is 10.2. The fraction of sp³-hybridized carbons (Fsp3) is 0.194. The molecule has 1 fully saturated rings. The number of amides is 4. The summed E-state index contributed by atoms with van der Waals surface area (Å²) < 4.78 is 15.9. The van der Waals surface area contributed by atoms with Crippen LogP contribution in [0.2, 0.25) is 5.02 Å². The molecule has 4 amide bonds. The molecule has 1 saturated heterocycles. The Hall–Kier alpha value is -4.81. The topological polar surface area (TPSA) is 140 Å². The van der Waals surface area contributed by atoms with Crippen molar-refractivity contribution in [2.75, 3.05) is 37.5 Å². The van der Waals surface area contributed by atoms with Gasteiger partial charge in [-0.3, -0.25) is 24.1 Å². The predicted octanol–water partition coefficient (Wildman–Crippen LogP) is 5.61. The Morgan fingerprint density at radius 2 is 1.73 bits per heavy atom. The Morgan fingerprint density at radius 3 is 2.45 bits per heavy atom. The first kappa shape index (κ1) is 32.1. The molecule has 1 heterocycles. The highest BCUT2D eigenvalue weighted by Gasteiger charge is 2.36. The summed E-state index contributed by atoms with van der Waals surface area (Å²) in [5.41, 5.74) is 1.47. The first-order chi connectivity index (χ1) is 21.2. The van der Waals surface area contributed by atoms with E-state index < -0.39 is 29.6 Å². The summed E-state index contributed by atoms with van der Waals surface area (Å²) >= 11 is 6.80. The van der Waals surface area contributed by atoms with E-state index in [4.69, 9.17) is 25.8 Å². The van der Waals surface area contributed by atoms with Crippen molar-refractivity contribution in [2.45, 2.75) is 13.3 Å². The molecule has 0 spiro atoms. The molecule has 13 heteroatoms. The first-order valence-corrected chi connectivity index (χ1v) is 14.6. The van der Waals surface area contributed by atoms with Crippen molar-refractivity contribution in [2.24, 2.45) is 0 Å². The van der Waals surface area contributed by atoms with Crippen molar-refractivity contribution < 1.29 is 38.2 Å². The van der Waals surface area contributed by atoms with E-state index in [2.05, 4.69) is 10.6 Å². The molecule has 3 aromatic carbocycles. The van der Waals surface area contributed by atoms with Gasteiger partial charge >= 0.3 is 5.97 Å². The zero-order valence-electron chi connectivity index (χ0n) is 23.8. The Labute approximate surface area is 262 Å². The van der Waals surface area contributed by atoms with Gasteiger partial charge in [0.2, 0.25) is 5.91 Å². The Morgan fingerprint density at radius 1 is 0.977 bits per heavy atom. The SMILES string of the molecule is CCCOC(=O)c1cc(NC(=O)CN2C(=O)S/C(=C\c3ccc(OCC(=O)Nc4ccccc4OC)cc3)C2=O)ccc1Cl. The molecule has 3 aromatic rings. The molecule has 0 aromatic heterocycles. The van der Waals surface area contributed by atoms with Gasteiger partial charge in [0.25, 0.3) is 17.1 Å². The normalized spacial score (nSPS) is 13.5. The van der Waals surface area contributed by atoms with E-state index in [0.717, 1.165) is 4.90 Å². The minimum absolute atomic E-state index is 0.0829. The van der Waals surface area contributed by atoms with Gasteiger partial charge in [0, 0.05) is 5.69 Å². The predicted molar refractivity (Wildman–Crippen MR) is 167 cm³/mol. The molecule has 1 aliphatic heterocycles. The smallest absolute Gasteiger partial charge is 0.339 e. The molecule has 1 aliphatic rings. The molecular weight excluding hydrogens is 610 g/mol. The number of nitrogens with zero attached hydrogens (tertiary/aromatic N) is 1. The maximum Gasteiger partial charge on any atom is 0.339 e. The largest absolute Gasteiger partial charge is 0.495 e. The number of hydrogen-bond acceptors (Lipinski definition) is 9. The summed E-state index contributed by atoms with van der Waals surface area (Å²) in [6, 6.07) is 17.9. The van der Waals surface area contributed by atoms with Crippen LogP contribution in [0.4, 0.5) is 16.2 Å². The third kappa shape index (κ3) is 8.39. The second kappa shape index (κ2) is 15.1. The van der Waals surface area contributed by atoms with Crippen LogP contribution >= 0.6 is 23.4 Å². The maximum atomic E-state index is 12.9. The lowest BCUT2D eigenvalue weighted by Crippen LogP contribution is -2.36. The van der Waals surface area contributed by atoms with Crippen molar-refractivity contribution in [3.05, 3.63) is 87.8 Å². The van der Waals surface area contributed by atoms with E-state index in [0.29, 0.717) is 40.9 Å². The lowest BCUT2D eigenvalue weighted by molar-refractivity contribution is -0.127. The molecule has 11 nitrogen and oxygen atoms in total. The van der Waals surface area contributed by atoms with Crippen LogP contribution in [0, 0.1) is 0 Å². The highest BCUT2D eigenvalue weighted by atomic mass is 35.5. The molecule has 2 N–H and O–H groups in total. The number of anilines is 2. The highest BCUT2D eigenvalue weighted by molar-refractivity contribution is 8.18. The second-order valence-electron chi connectivity index (χ2n) is 9.25. The number of hydrogen-bond donors (Lipinski definition) is 2. The Bertz CT molecular complexity index is 1610. The molecule has 0 aliphatic carbocycles. The molecule has 44 heavy (non-hydrogen) atoms. The number of imide groups is 1. The minimum atomic E-state index is -0.639. The number of carbonyl (C=O) groups excluding carboxylic acids is 5. The van der Waals surface area contributed by atoms with Crippen molar-refractivity contribution in [3.63, 3.8) is 0 Å². The van der Waals surface area contributed by atoms with Crippen LogP contribution in [0.25, 0.3) is 6.08 Å². The standard InChI is InChI=1S/C31H28ClN3O8S/c1-3-14-42-30(39)22-16-20(10-13-23(22)32)33-27(36)17-35-29(38)26(44-31(35)40)15-19-8-11-21(12-9-19)43-18-28(37)34-24-6-4-5-7-25(24)41-2/h4-13,15-16H,3,14,17-18H2,1-2H3,(H,33,36)(H,34,37)/b26-15-. The number of nitrogens with one attached hydrogen (secondary N) is 2. The van der Waals surface area contributed by atoms with Crippen LogP contribution < -0.4 is 20.1 Å². The van der Waals surface area contributed by atoms with Gasteiger partial charge in [0.05, 0.1) is 34.9 Å². The fourth-order valence-electron chi connectivity index (χ4n) is 3.91. The Balaban J connectivity index is 1.31. The quantitative estimate of drug-likeness (QED) is 0.192.